The van der Waals surface area contributed by atoms with Gasteiger partial charge in [-0.2, -0.15) is 0 Å². The highest BCUT2D eigenvalue weighted by Crippen LogP contribution is 2.56. The Hall–Kier alpha value is -1.58. The quantitative estimate of drug-likeness (QED) is 0.887. The van der Waals surface area contributed by atoms with E-state index < -0.39 is 11.8 Å². The zero-order valence-corrected chi connectivity index (χ0v) is 11.9. The molecule has 0 aromatic heterocycles. The van der Waals surface area contributed by atoms with Crippen molar-refractivity contribution in [1.29, 1.82) is 0 Å². The number of benzene rings is 1. The van der Waals surface area contributed by atoms with Gasteiger partial charge in [0.25, 0.3) is 0 Å². The molecule has 21 heavy (non-hydrogen) atoms. The maximum atomic E-state index is 14.2. The minimum atomic E-state index is -1.09. The monoisotopic (exact) mass is 289 g/mol. The van der Waals surface area contributed by atoms with E-state index in [1.54, 1.807) is 6.07 Å². The van der Waals surface area contributed by atoms with Crippen molar-refractivity contribution < 1.29 is 14.3 Å². The van der Waals surface area contributed by atoms with Crippen LogP contribution in [0.25, 0.3) is 0 Å². The summed E-state index contributed by atoms with van der Waals surface area (Å²) in [5, 5.41) is 12.4. The normalized spacial score (nSPS) is 36.7. The van der Waals surface area contributed by atoms with E-state index in [4.69, 9.17) is 5.11 Å². The van der Waals surface area contributed by atoms with Gasteiger partial charge in [0.05, 0.1) is 11.3 Å². The largest absolute Gasteiger partial charge is 0.478 e. The highest BCUT2D eigenvalue weighted by Gasteiger charge is 2.51. The lowest BCUT2D eigenvalue weighted by atomic mass is 9.53. The average molecular weight is 289 g/mol. The van der Waals surface area contributed by atoms with Crippen LogP contribution >= 0.6 is 0 Å². The highest BCUT2D eigenvalue weighted by molar-refractivity contribution is 5.88. The van der Waals surface area contributed by atoms with Gasteiger partial charge >= 0.3 is 5.97 Å². The fourth-order valence-electron chi connectivity index (χ4n) is 5.30. The Morgan fingerprint density at radius 3 is 2.19 bits per heavy atom. The summed E-state index contributed by atoms with van der Waals surface area (Å²) in [7, 11) is 0. The zero-order valence-electron chi connectivity index (χ0n) is 11.9. The summed E-state index contributed by atoms with van der Waals surface area (Å²) in [5.74, 6) is 0.848. The summed E-state index contributed by atoms with van der Waals surface area (Å²) in [5.41, 5.74) is 0.505. The number of carboxylic acid groups (broad SMARTS) is 1. The van der Waals surface area contributed by atoms with Gasteiger partial charge in [0.15, 0.2) is 0 Å². The lowest BCUT2D eigenvalue weighted by Gasteiger charge is -2.57. The molecule has 4 fully saturated rings. The van der Waals surface area contributed by atoms with Crippen LogP contribution in [0.15, 0.2) is 18.2 Å². The molecule has 4 heteroatoms. The topological polar surface area (TPSA) is 49.3 Å². The molecular formula is C17H20FNO2. The Morgan fingerprint density at radius 1 is 1.14 bits per heavy atom. The van der Waals surface area contributed by atoms with E-state index in [2.05, 4.69) is 5.32 Å². The summed E-state index contributed by atoms with van der Waals surface area (Å²) >= 11 is 0. The fraction of sp³-hybridized carbons (Fsp3) is 0.588. The van der Waals surface area contributed by atoms with Gasteiger partial charge in [-0.1, -0.05) is 0 Å². The molecule has 112 valence electrons. The van der Waals surface area contributed by atoms with Gasteiger partial charge in [-0.25, -0.2) is 9.18 Å². The highest BCUT2D eigenvalue weighted by atomic mass is 19.1. The summed E-state index contributed by atoms with van der Waals surface area (Å²) < 4.78 is 14.2. The van der Waals surface area contributed by atoms with Gasteiger partial charge in [0, 0.05) is 5.54 Å². The second-order valence-electron chi connectivity index (χ2n) is 7.32. The summed E-state index contributed by atoms with van der Waals surface area (Å²) in [6.45, 7) is 0. The maximum absolute atomic E-state index is 14.2. The van der Waals surface area contributed by atoms with E-state index in [0.717, 1.165) is 43.1 Å². The van der Waals surface area contributed by atoms with Crippen LogP contribution in [0.4, 0.5) is 10.1 Å². The Morgan fingerprint density at radius 2 is 1.71 bits per heavy atom. The van der Waals surface area contributed by atoms with E-state index in [-0.39, 0.29) is 11.1 Å². The van der Waals surface area contributed by atoms with Crippen LogP contribution in [0.3, 0.4) is 0 Å². The van der Waals surface area contributed by atoms with E-state index in [0.29, 0.717) is 5.69 Å². The molecule has 1 aromatic carbocycles. The van der Waals surface area contributed by atoms with E-state index in [9.17, 15) is 9.18 Å². The smallest absolute Gasteiger partial charge is 0.335 e. The molecule has 0 unspecified atom stereocenters. The molecule has 0 heterocycles. The molecule has 2 N–H and O–H groups in total. The lowest BCUT2D eigenvalue weighted by molar-refractivity contribution is 0.0106. The van der Waals surface area contributed by atoms with Crippen LogP contribution in [-0.2, 0) is 0 Å². The summed E-state index contributed by atoms with van der Waals surface area (Å²) in [6.07, 6.45) is 7.46. The van der Waals surface area contributed by atoms with Gasteiger partial charge in [-0.15, -0.1) is 0 Å². The number of rotatable bonds is 3. The molecule has 4 aliphatic carbocycles. The third-order valence-electron chi connectivity index (χ3n) is 5.65. The number of nitrogens with one attached hydrogen (secondary N) is 1. The Bertz CT molecular complexity index is 563. The molecule has 3 nitrogen and oxygen atoms in total. The first-order valence-electron chi connectivity index (χ1n) is 7.84. The van der Waals surface area contributed by atoms with Crippen molar-refractivity contribution in [3.05, 3.63) is 29.6 Å². The van der Waals surface area contributed by atoms with Crippen molar-refractivity contribution in [1.82, 2.24) is 0 Å². The van der Waals surface area contributed by atoms with Crippen molar-refractivity contribution in [3.8, 4) is 0 Å². The van der Waals surface area contributed by atoms with Crippen LogP contribution in [-0.4, -0.2) is 16.6 Å². The van der Waals surface area contributed by atoms with Crippen LogP contribution in [0.2, 0.25) is 0 Å². The third kappa shape index (κ3) is 2.21. The molecule has 0 spiro atoms. The number of hydrogen-bond acceptors (Lipinski definition) is 2. The molecular weight excluding hydrogens is 269 g/mol. The number of hydrogen-bond donors (Lipinski definition) is 2. The summed E-state index contributed by atoms with van der Waals surface area (Å²) in [6, 6.07) is 4.18. The molecule has 0 radical (unpaired) electrons. The number of carbonyl (C=O) groups is 1. The molecule has 0 aliphatic heterocycles. The molecule has 0 atom stereocenters. The van der Waals surface area contributed by atoms with Gasteiger partial charge in [-0.3, -0.25) is 0 Å². The number of anilines is 1. The minimum absolute atomic E-state index is 0.00330. The van der Waals surface area contributed by atoms with E-state index >= 15 is 0 Å². The summed E-state index contributed by atoms with van der Waals surface area (Å²) in [4.78, 5) is 10.9. The average Bonchev–Trinajstić information content (AvgIpc) is 2.39. The number of carboxylic acids is 1. The SMILES string of the molecule is O=C(O)c1ccc(NC23CC4CC(CC(C4)C2)C3)c(F)c1. The first-order chi connectivity index (χ1) is 10.0. The first-order valence-corrected chi connectivity index (χ1v) is 7.84. The van der Waals surface area contributed by atoms with Crippen molar-refractivity contribution in [2.24, 2.45) is 17.8 Å². The molecule has 0 amide bonds. The van der Waals surface area contributed by atoms with Crippen molar-refractivity contribution in [3.63, 3.8) is 0 Å². The van der Waals surface area contributed by atoms with E-state index in [1.807, 2.05) is 0 Å². The lowest BCUT2D eigenvalue weighted by Crippen LogP contribution is -2.54. The first kappa shape index (κ1) is 13.1. The third-order valence-corrected chi connectivity index (χ3v) is 5.65. The predicted octanol–water partition coefficient (Wildman–Crippen LogP) is 3.90. The second-order valence-corrected chi connectivity index (χ2v) is 7.32. The Labute approximate surface area is 123 Å². The molecule has 4 saturated carbocycles. The minimum Gasteiger partial charge on any atom is -0.478 e. The molecule has 0 saturated heterocycles. The number of aromatic carboxylic acids is 1. The zero-order chi connectivity index (χ0) is 14.6. The van der Waals surface area contributed by atoms with Gasteiger partial charge in [-0.05, 0) is 74.5 Å². The van der Waals surface area contributed by atoms with Crippen molar-refractivity contribution in [2.45, 2.75) is 44.1 Å². The van der Waals surface area contributed by atoms with Crippen molar-refractivity contribution in [2.75, 3.05) is 5.32 Å². The fourth-order valence-corrected chi connectivity index (χ4v) is 5.30. The standard InChI is InChI=1S/C17H20FNO2/c18-14-6-13(16(20)21)1-2-15(14)19-17-7-10-3-11(8-17)5-12(4-10)9-17/h1-2,6,10-12,19H,3-5,7-9H2,(H,20,21). The maximum Gasteiger partial charge on any atom is 0.335 e. The predicted molar refractivity (Wildman–Crippen MR) is 77.9 cm³/mol. The Balaban J connectivity index is 1.60. The molecule has 1 aromatic rings. The van der Waals surface area contributed by atoms with E-state index in [1.165, 1.54) is 25.3 Å². The van der Waals surface area contributed by atoms with Crippen LogP contribution in [0.1, 0.15) is 48.9 Å². The van der Waals surface area contributed by atoms with Crippen LogP contribution in [0, 0.1) is 23.6 Å². The van der Waals surface area contributed by atoms with Gasteiger partial charge in [0.1, 0.15) is 5.82 Å². The second kappa shape index (κ2) is 4.46. The van der Waals surface area contributed by atoms with Gasteiger partial charge in [0.2, 0.25) is 0 Å². The van der Waals surface area contributed by atoms with Gasteiger partial charge < -0.3 is 10.4 Å². The van der Waals surface area contributed by atoms with Crippen LogP contribution < -0.4 is 5.32 Å². The Kier molecular flexibility index (Phi) is 2.78. The molecule has 4 bridgehead atoms. The molecule has 5 rings (SSSR count). The van der Waals surface area contributed by atoms with Crippen LogP contribution in [0.5, 0.6) is 0 Å². The van der Waals surface area contributed by atoms with Crippen molar-refractivity contribution >= 4 is 11.7 Å². The number of halogens is 1. The molecule has 4 aliphatic rings.